The van der Waals surface area contributed by atoms with Crippen LogP contribution < -0.4 is 11.1 Å². The van der Waals surface area contributed by atoms with E-state index in [0.717, 1.165) is 18.7 Å². The molecule has 0 fully saturated rings. The van der Waals surface area contributed by atoms with Crippen molar-refractivity contribution >= 4 is 5.91 Å². The first-order valence-electron chi connectivity index (χ1n) is 5.13. The van der Waals surface area contributed by atoms with Crippen molar-refractivity contribution < 1.29 is 4.79 Å². The largest absolute Gasteiger partial charge is 0.370 e. The van der Waals surface area contributed by atoms with E-state index in [1.807, 2.05) is 25.1 Å². The van der Waals surface area contributed by atoms with Gasteiger partial charge in [0.15, 0.2) is 0 Å². The first kappa shape index (κ1) is 11.7. The Kier molecular flexibility index (Phi) is 4.77. The fourth-order valence-electron chi connectivity index (χ4n) is 1.32. The van der Waals surface area contributed by atoms with Gasteiger partial charge in [-0.25, -0.2) is 0 Å². The lowest BCUT2D eigenvalue weighted by molar-refractivity contribution is -0.118. The predicted molar refractivity (Wildman–Crippen MR) is 59.1 cm³/mol. The molecule has 1 heterocycles. The van der Waals surface area contributed by atoms with E-state index in [0.29, 0.717) is 6.42 Å². The molecule has 1 aromatic rings. The molecule has 0 saturated carbocycles. The number of carbonyl (C=O) groups is 1. The molecule has 4 heteroatoms. The van der Waals surface area contributed by atoms with Crippen LogP contribution in [-0.2, 0) is 4.79 Å². The van der Waals surface area contributed by atoms with Crippen LogP contribution in [0.5, 0.6) is 0 Å². The van der Waals surface area contributed by atoms with Crippen LogP contribution in [0.4, 0.5) is 0 Å². The second-order valence-electron chi connectivity index (χ2n) is 3.50. The lowest BCUT2D eigenvalue weighted by Crippen LogP contribution is -2.22. The lowest BCUT2D eigenvalue weighted by atomic mass is 10.2. The monoisotopic (exact) mass is 207 g/mol. The molecule has 3 N–H and O–H groups in total. The van der Waals surface area contributed by atoms with Gasteiger partial charge in [0.25, 0.3) is 0 Å². The molecule has 0 bridgehead atoms. The summed E-state index contributed by atoms with van der Waals surface area (Å²) in [6.07, 6.45) is 2.98. The summed E-state index contributed by atoms with van der Waals surface area (Å²) >= 11 is 0. The van der Waals surface area contributed by atoms with Gasteiger partial charge >= 0.3 is 0 Å². The van der Waals surface area contributed by atoms with E-state index in [4.69, 9.17) is 5.73 Å². The Labute approximate surface area is 89.9 Å². The average Bonchev–Trinajstić information content (AvgIpc) is 2.25. The highest BCUT2D eigenvalue weighted by atomic mass is 16.1. The van der Waals surface area contributed by atoms with Gasteiger partial charge in [-0.1, -0.05) is 6.07 Å². The van der Waals surface area contributed by atoms with E-state index in [9.17, 15) is 4.79 Å². The van der Waals surface area contributed by atoms with Crippen LogP contribution in [-0.4, -0.2) is 17.4 Å². The summed E-state index contributed by atoms with van der Waals surface area (Å²) in [5.41, 5.74) is 6.05. The van der Waals surface area contributed by atoms with Crippen LogP contribution in [0.1, 0.15) is 31.5 Å². The molecule has 0 spiro atoms. The number of nitrogens with zero attached hydrogens (tertiary/aromatic N) is 1. The smallest absolute Gasteiger partial charge is 0.217 e. The van der Waals surface area contributed by atoms with Gasteiger partial charge in [0.05, 0.1) is 5.69 Å². The highest BCUT2D eigenvalue weighted by Crippen LogP contribution is 2.07. The molecule has 1 unspecified atom stereocenters. The third-order valence-electron chi connectivity index (χ3n) is 2.18. The summed E-state index contributed by atoms with van der Waals surface area (Å²) < 4.78 is 0. The number of nitrogens with one attached hydrogen (secondary N) is 1. The Morgan fingerprint density at radius 2 is 2.40 bits per heavy atom. The molecular weight excluding hydrogens is 190 g/mol. The Morgan fingerprint density at radius 3 is 3.00 bits per heavy atom. The molecule has 1 amide bonds. The molecule has 0 aromatic carbocycles. The van der Waals surface area contributed by atoms with Crippen molar-refractivity contribution in [3.63, 3.8) is 0 Å². The average molecular weight is 207 g/mol. The van der Waals surface area contributed by atoms with Crippen LogP contribution in [0.25, 0.3) is 0 Å². The van der Waals surface area contributed by atoms with E-state index in [1.54, 1.807) is 6.20 Å². The zero-order valence-electron chi connectivity index (χ0n) is 8.94. The standard InChI is InChI=1S/C11H17N3O/c1-9(10-5-2-3-7-14-10)13-8-4-6-11(12)15/h2-3,5,7,9,13H,4,6,8H2,1H3,(H2,12,15). The first-order valence-corrected chi connectivity index (χ1v) is 5.13. The maximum absolute atomic E-state index is 10.5. The Bertz CT molecular complexity index is 300. The van der Waals surface area contributed by atoms with Crippen molar-refractivity contribution in [1.29, 1.82) is 0 Å². The number of hydrogen-bond donors (Lipinski definition) is 2. The van der Waals surface area contributed by atoms with Crippen molar-refractivity contribution in [3.05, 3.63) is 30.1 Å². The zero-order valence-corrected chi connectivity index (χ0v) is 8.94. The fraction of sp³-hybridized carbons (Fsp3) is 0.455. The summed E-state index contributed by atoms with van der Waals surface area (Å²) in [5.74, 6) is -0.248. The van der Waals surface area contributed by atoms with Crippen LogP contribution in [0.3, 0.4) is 0 Å². The number of carbonyl (C=O) groups excluding carboxylic acids is 1. The number of primary amides is 1. The molecule has 0 aliphatic carbocycles. The van der Waals surface area contributed by atoms with E-state index >= 15 is 0 Å². The number of rotatable bonds is 6. The normalized spacial score (nSPS) is 12.3. The van der Waals surface area contributed by atoms with Crippen LogP contribution in [0.2, 0.25) is 0 Å². The van der Waals surface area contributed by atoms with Gasteiger partial charge < -0.3 is 11.1 Å². The topological polar surface area (TPSA) is 68.0 Å². The predicted octanol–water partition coefficient (Wildman–Crippen LogP) is 0.998. The molecular formula is C11H17N3O. The maximum atomic E-state index is 10.5. The third-order valence-corrected chi connectivity index (χ3v) is 2.18. The highest BCUT2D eigenvalue weighted by Gasteiger charge is 2.04. The van der Waals surface area contributed by atoms with Crippen molar-refractivity contribution in [1.82, 2.24) is 10.3 Å². The van der Waals surface area contributed by atoms with Gasteiger partial charge in [0.1, 0.15) is 0 Å². The van der Waals surface area contributed by atoms with Crippen molar-refractivity contribution in [2.75, 3.05) is 6.54 Å². The molecule has 0 saturated heterocycles. The number of hydrogen-bond acceptors (Lipinski definition) is 3. The third kappa shape index (κ3) is 4.56. The lowest BCUT2D eigenvalue weighted by Gasteiger charge is -2.12. The van der Waals surface area contributed by atoms with Crippen molar-refractivity contribution in [2.24, 2.45) is 5.73 Å². The minimum atomic E-state index is -0.248. The summed E-state index contributed by atoms with van der Waals surface area (Å²) in [6.45, 7) is 2.83. The van der Waals surface area contributed by atoms with Crippen molar-refractivity contribution in [3.8, 4) is 0 Å². The SMILES string of the molecule is CC(NCCCC(N)=O)c1ccccn1. The molecule has 1 atom stereocenters. The summed E-state index contributed by atoms with van der Waals surface area (Å²) in [6, 6.07) is 6.04. The summed E-state index contributed by atoms with van der Waals surface area (Å²) in [4.78, 5) is 14.7. The summed E-state index contributed by atoms with van der Waals surface area (Å²) in [5, 5.41) is 3.28. The first-order chi connectivity index (χ1) is 7.20. The fourth-order valence-corrected chi connectivity index (χ4v) is 1.32. The Morgan fingerprint density at radius 1 is 1.60 bits per heavy atom. The Balaban J connectivity index is 2.25. The second kappa shape index (κ2) is 6.14. The van der Waals surface area contributed by atoms with Crippen LogP contribution in [0, 0.1) is 0 Å². The van der Waals surface area contributed by atoms with E-state index in [2.05, 4.69) is 10.3 Å². The van der Waals surface area contributed by atoms with Gasteiger partial charge in [-0.3, -0.25) is 9.78 Å². The number of amides is 1. The van der Waals surface area contributed by atoms with E-state index in [1.165, 1.54) is 0 Å². The molecule has 82 valence electrons. The molecule has 1 rings (SSSR count). The molecule has 4 nitrogen and oxygen atoms in total. The van der Waals surface area contributed by atoms with Crippen molar-refractivity contribution in [2.45, 2.75) is 25.8 Å². The molecule has 0 radical (unpaired) electrons. The van der Waals surface area contributed by atoms with Gasteiger partial charge in [-0.15, -0.1) is 0 Å². The Hall–Kier alpha value is -1.42. The molecule has 0 aliphatic rings. The number of nitrogens with two attached hydrogens (primary N) is 1. The zero-order chi connectivity index (χ0) is 11.1. The minimum absolute atomic E-state index is 0.207. The number of aromatic nitrogens is 1. The molecule has 0 aliphatic heterocycles. The van der Waals surface area contributed by atoms with Gasteiger partial charge in [-0.2, -0.15) is 0 Å². The van der Waals surface area contributed by atoms with E-state index < -0.39 is 0 Å². The molecule has 1 aromatic heterocycles. The van der Waals surface area contributed by atoms with Crippen LogP contribution >= 0.6 is 0 Å². The molecule has 15 heavy (non-hydrogen) atoms. The van der Waals surface area contributed by atoms with Gasteiger partial charge in [0.2, 0.25) is 5.91 Å². The van der Waals surface area contributed by atoms with E-state index in [-0.39, 0.29) is 11.9 Å². The van der Waals surface area contributed by atoms with Gasteiger partial charge in [0, 0.05) is 18.7 Å². The van der Waals surface area contributed by atoms with Gasteiger partial charge in [-0.05, 0) is 32.0 Å². The highest BCUT2D eigenvalue weighted by molar-refractivity contribution is 5.73. The maximum Gasteiger partial charge on any atom is 0.217 e. The summed E-state index contributed by atoms with van der Waals surface area (Å²) in [7, 11) is 0. The minimum Gasteiger partial charge on any atom is -0.370 e. The number of pyridine rings is 1. The second-order valence-corrected chi connectivity index (χ2v) is 3.50. The van der Waals surface area contributed by atoms with Crippen LogP contribution in [0.15, 0.2) is 24.4 Å². The quantitative estimate of drug-likeness (QED) is 0.684.